The molecule has 1 aromatic carbocycles. The predicted molar refractivity (Wildman–Crippen MR) is 79.9 cm³/mol. The van der Waals surface area contributed by atoms with Gasteiger partial charge in [0, 0.05) is 44.0 Å². The fraction of sp³-hybridized carbons (Fsp3) is 0.562. The molecule has 1 aromatic rings. The highest BCUT2D eigenvalue weighted by Crippen LogP contribution is 2.23. The van der Waals surface area contributed by atoms with Crippen LogP contribution >= 0.6 is 0 Å². The van der Waals surface area contributed by atoms with Gasteiger partial charge >= 0.3 is 0 Å². The van der Waals surface area contributed by atoms with Crippen LogP contribution in [0.5, 0.6) is 0 Å². The first kappa shape index (κ1) is 15.0. The van der Waals surface area contributed by atoms with Crippen LogP contribution in [0, 0.1) is 11.7 Å². The highest BCUT2D eigenvalue weighted by molar-refractivity contribution is 5.99. The maximum atomic E-state index is 13.3. The lowest BCUT2D eigenvalue weighted by molar-refractivity contribution is 0.101. The average Bonchev–Trinajstić information content (AvgIpc) is 2.39. The van der Waals surface area contributed by atoms with Crippen LogP contribution in [-0.2, 0) is 0 Å². The molecule has 4 heteroatoms. The van der Waals surface area contributed by atoms with Gasteiger partial charge in [0.1, 0.15) is 5.82 Å². The van der Waals surface area contributed by atoms with Gasteiger partial charge in [-0.05, 0) is 31.0 Å². The predicted octanol–water partition coefficient (Wildman–Crippen LogP) is 2.81. The fourth-order valence-corrected chi connectivity index (χ4v) is 2.75. The molecule has 0 aliphatic carbocycles. The van der Waals surface area contributed by atoms with Crippen LogP contribution in [0.25, 0.3) is 0 Å². The van der Waals surface area contributed by atoms with Gasteiger partial charge in [-0.1, -0.05) is 13.8 Å². The van der Waals surface area contributed by atoms with Crippen molar-refractivity contribution in [3.8, 4) is 0 Å². The van der Waals surface area contributed by atoms with E-state index in [1.807, 2.05) is 0 Å². The van der Waals surface area contributed by atoms with Crippen LogP contribution in [0.4, 0.5) is 10.1 Å². The van der Waals surface area contributed by atoms with Gasteiger partial charge in [-0.15, -0.1) is 0 Å². The van der Waals surface area contributed by atoms with E-state index >= 15 is 0 Å². The maximum Gasteiger partial charge on any atom is 0.161 e. The number of anilines is 1. The third-order valence-corrected chi connectivity index (χ3v) is 3.67. The van der Waals surface area contributed by atoms with Gasteiger partial charge in [-0.2, -0.15) is 0 Å². The topological polar surface area (TPSA) is 23.6 Å². The monoisotopic (exact) mass is 278 g/mol. The Balaban J connectivity index is 2.09. The van der Waals surface area contributed by atoms with Crippen LogP contribution in [-0.4, -0.2) is 43.4 Å². The second-order valence-corrected chi connectivity index (χ2v) is 5.90. The molecule has 3 nitrogen and oxygen atoms in total. The number of carbonyl (C=O) groups excluding carboxylic acids is 1. The summed E-state index contributed by atoms with van der Waals surface area (Å²) in [6.45, 7) is 10.8. The average molecular weight is 278 g/mol. The van der Waals surface area contributed by atoms with Gasteiger partial charge in [-0.25, -0.2) is 4.39 Å². The zero-order valence-corrected chi connectivity index (χ0v) is 12.5. The van der Waals surface area contributed by atoms with Crippen LogP contribution in [0.2, 0.25) is 0 Å². The van der Waals surface area contributed by atoms with E-state index in [1.54, 1.807) is 6.07 Å². The molecule has 2 rings (SSSR count). The summed E-state index contributed by atoms with van der Waals surface area (Å²) in [4.78, 5) is 16.3. The number of ketones is 1. The number of Topliss-reactive ketones (excluding diaryl/α,β-unsaturated/α-hetero) is 1. The number of carbonyl (C=O) groups is 1. The first-order valence-electron chi connectivity index (χ1n) is 7.25. The highest BCUT2D eigenvalue weighted by Gasteiger charge is 2.21. The van der Waals surface area contributed by atoms with Gasteiger partial charge in [-0.3, -0.25) is 9.69 Å². The molecule has 1 aliphatic rings. The molecule has 0 spiro atoms. The van der Waals surface area contributed by atoms with Gasteiger partial charge in [0.15, 0.2) is 5.78 Å². The van der Waals surface area contributed by atoms with E-state index in [-0.39, 0.29) is 11.6 Å². The van der Waals surface area contributed by atoms with Gasteiger partial charge < -0.3 is 4.90 Å². The Bertz CT molecular complexity index is 479. The summed E-state index contributed by atoms with van der Waals surface area (Å²) in [5, 5.41) is 0. The van der Waals surface area contributed by atoms with E-state index in [0.29, 0.717) is 11.5 Å². The standard InChI is InChI=1S/C16H23FN2O/c1-12(2)11-18-6-8-19(9-7-18)16-5-4-14(17)10-15(16)13(3)20/h4-5,10,12H,6-9,11H2,1-3H3. The summed E-state index contributed by atoms with van der Waals surface area (Å²) >= 11 is 0. The van der Waals surface area contributed by atoms with E-state index in [4.69, 9.17) is 0 Å². The highest BCUT2D eigenvalue weighted by atomic mass is 19.1. The van der Waals surface area contributed by atoms with Crippen molar-refractivity contribution in [2.75, 3.05) is 37.6 Å². The van der Waals surface area contributed by atoms with Crippen molar-refractivity contribution in [3.05, 3.63) is 29.6 Å². The molecular formula is C16H23FN2O. The number of piperazine rings is 1. The second-order valence-electron chi connectivity index (χ2n) is 5.90. The summed E-state index contributed by atoms with van der Waals surface area (Å²) in [5.74, 6) is 0.238. The van der Waals surface area contributed by atoms with Crippen molar-refractivity contribution >= 4 is 11.5 Å². The molecule has 0 aromatic heterocycles. The number of benzene rings is 1. The van der Waals surface area contributed by atoms with Gasteiger partial charge in [0.05, 0.1) is 0 Å². The van der Waals surface area contributed by atoms with Crippen LogP contribution in [0.3, 0.4) is 0 Å². The molecule has 0 amide bonds. The van der Waals surface area contributed by atoms with E-state index in [9.17, 15) is 9.18 Å². The van der Waals surface area contributed by atoms with Crippen molar-refractivity contribution < 1.29 is 9.18 Å². The first-order valence-corrected chi connectivity index (χ1v) is 7.25. The molecule has 0 N–H and O–H groups in total. The third-order valence-electron chi connectivity index (χ3n) is 3.67. The number of hydrogen-bond acceptors (Lipinski definition) is 3. The van der Waals surface area contributed by atoms with Crippen molar-refractivity contribution in [1.29, 1.82) is 0 Å². The van der Waals surface area contributed by atoms with E-state index in [0.717, 1.165) is 38.4 Å². The van der Waals surface area contributed by atoms with Gasteiger partial charge in [0.25, 0.3) is 0 Å². The van der Waals surface area contributed by atoms with Crippen molar-refractivity contribution in [1.82, 2.24) is 4.90 Å². The Labute approximate surface area is 120 Å². The minimum absolute atomic E-state index is 0.0795. The molecule has 1 aliphatic heterocycles. The first-order chi connectivity index (χ1) is 9.47. The van der Waals surface area contributed by atoms with E-state index in [2.05, 4.69) is 23.6 Å². The number of nitrogens with zero attached hydrogens (tertiary/aromatic N) is 2. The fourth-order valence-electron chi connectivity index (χ4n) is 2.75. The minimum atomic E-state index is -0.350. The van der Waals surface area contributed by atoms with Crippen LogP contribution < -0.4 is 4.90 Å². The third kappa shape index (κ3) is 3.57. The summed E-state index contributed by atoms with van der Waals surface area (Å²) < 4.78 is 13.3. The quantitative estimate of drug-likeness (QED) is 0.791. The summed E-state index contributed by atoms with van der Waals surface area (Å²) in [6, 6.07) is 4.50. The minimum Gasteiger partial charge on any atom is -0.368 e. The Morgan fingerprint density at radius 1 is 1.25 bits per heavy atom. The maximum absolute atomic E-state index is 13.3. The lowest BCUT2D eigenvalue weighted by Crippen LogP contribution is -2.47. The Morgan fingerprint density at radius 2 is 1.90 bits per heavy atom. The van der Waals surface area contributed by atoms with E-state index < -0.39 is 0 Å². The SMILES string of the molecule is CC(=O)c1cc(F)ccc1N1CCN(CC(C)C)CC1. The lowest BCUT2D eigenvalue weighted by atomic mass is 10.1. The zero-order chi connectivity index (χ0) is 14.7. The summed E-state index contributed by atoms with van der Waals surface area (Å²) in [6.07, 6.45) is 0. The Morgan fingerprint density at radius 3 is 2.45 bits per heavy atom. The Hall–Kier alpha value is -1.42. The van der Waals surface area contributed by atoms with Crippen LogP contribution in [0.1, 0.15) is 31.1 Å². The van der Waals surface area contributed by atoms with Crippen molar-refractivity contribution in [2.24, 2.45) is 5.92 Å². The molecule has 0 radical (unpaired) electrons. The largest absolute Gasteiger partial charge is 0.368 e. The summed E-state index contributed by atoms with van der Waals surface area (Å²) in [7, 11) is 0. The number of hydrogen-bond donors (Lipinski definition) is 0. The zero-order valence-electron chi connectivity index (χ0n) is 12.5. The molecule has 0 bridgehead atoms. The van der Waals surface area contributed by atoms with Gasteiger partial charge in [0.2, 0.25) is 0 Å². The second kappa shape index (κ2) is 6.35. The molecule has 0 atom stereocenters. The van der Waals surface area contributed by atoms with Crippen LogP contribution in [0.15, 0.2) is 18.2 Å². The van der Waals surface area contributed by atoms with E-state index in [1.165, 1.54) is 19.1 Å². The number of rotatable bonds is 4. The molecule has 1 heterocycles. The lowest BCUT2D eigenvalue weighted by Gasteiger charge is -2.37. The summed E-state index contributed by atoms with van der Waals surface area (Å²) in [5.41, 5.74) is 1.35. The molecule has 110 valence electrons. The molecule has 0 unspecified atom stereocenters. The molecular weight excluding hydrogens is 255 g/mol. The molecule has 20 heavy (non-hydrogen) atoms. The van der Waals surface area contributed by atoms with Crippen molar-refractivity contribution in [2.45, 2.75) is 20.8 Å². The Kier molecular flexibility index (Phi) is 4.76. The number of halogens is 1. The smallest absolute Gasteiger partial charge is 0.161 e. The molecule has 1 saturated heterocycles. The molecule has 1 fully saturated rings. The molecule has 0 saturated carbocycles. The van der Waals surface area contributed by atoms with Crippen molar-refractivity contribution in [3.63, 3.8) is 0 Å². The normalized spacial score (nSPS) is 16.8.